The number of allylic oxidation sites excluding steroid dienone is 5. The fourth-order valence-corrected chi connectivity index (χ4v) is 8.00. The van der Waals surface area contributed by atoms with Crippen LogP contribution in [0.3, 0.4) is 0 Å². The predicted molar refractivity (Wildman–Crippen MR) is 138 cm³/mol. The molecule has 0 saturated heterocycles. The van der Waals surface area contributed by atoms with Gasteiger partial charge in [-0.2, -0.15) is 0 Å². The molecule has 3 rings (SSSR count). The monoisotopic (exact) mass is 482 g/mol. The Balaban J connectivity index is 2.00. The van der Waals surface area contributed by atoms with Crippen LogP contribution in [0.15, 0.2) is 47.6 Å². The van der Waals surface area contributed by atoms with Crippen LogP contribution in [-0.2, 0) is 14.4 Å². The van der Waals surface area contributed by atoms with E-state index in [1.165, 1.54) is 24.1 Å². The van der Waals surface area contributed by atoms with Gasteiger partial charge >= 0.3 is 11.9 Å². The molecule has 0 aromatic heterocycles. The second-order valence-corrected chi connectivity index (χ2v) is 11.9. The molecule has 192 valence electrons. The van der Waals surface area contributed by atoms with E-state index in [1.54, 1.807) is 0 Å². The normalized spacial score (nSPS) is 35.5. The van der Waals surface area contributed by atoms with Crippen LogP contribution in [-0.4, -0.2) is 27.9 Å². The van der Waals surface area contributed by atoms with Crippen molar-refractivity contribution in [1.82, 2.24) is 0 Å². The molecule has 0 aromatic rings. The molecule has 0 aromatic carbocycles. The van der Waals surface area contributed by atoms with Crippen LogP contribution in [0.5, 0.6) is 0 Å². The number of carboxylic acid groups (broad SMARTS) is 2. The Morgan fingerprint density at radius 2 is 1.86 bits per heavy atom. The Bertz CT molecular complexity index is 1020. The number of fused-ring (bicyclic) bond motifs is 2. The molecular formula is C30H42O5. The van der Waals surface area contributed by atoms with Gasteiger partial charge in [0.15, 0.2) is 5.78 Å². The Kier molecular flexibility index (Phi) is 7.41. The van der Waals surface area contributed by atoms with Crippen molar-refractivity contribution < 1.29 is 24.6 Å². The number of carboxylic acids is 2. The minimum atomic E-state index is -1.07. The highest BCUT2D eigenvalue weighted by atomic mass is 16.4. The van der Waals surface area contributed by atoms with Crippen molar-refractivity contribution in [3.8, 4) is 0 Å². The summed E-state index contributed by atoms with van der Waals surface area (Å²) < 4.78 is 0. The third-order valence-electron chi connectivity index (χ3n) is 10.1. The fraction of sp³-hybridized carbons (Fsp3) is 0.633. The summed E-state index contributed by atoms with van der Waals surface area (Å²) in [6.45, 7) is 19.0. The maximum Gasteiger partial charge on any atom is 0.331 e. The molecule has 6 atom stereocenters. The number of hydrogen-bond acceptors (Lipinski definition) is 3. The Hall–Kier alpha value is -2.43. The van der Waals surface area contributed by atoms with Gasteiger partial charge < -0.3 is 10.2 Å². The lowest BCUT2D eigenvalue weighted by atomic mass is 9.51. The summed E-state index contributed by atoms with van der Waals surface area (Å²) in [6, 6.07) is 0. The van der Waals surface area contributed by atoms with E-state index < -0.39 is 11.9 Å². The molecule has 2 N–H and O–H groups in total. The molecule has 5 heteroatoms. The van der Waals surface area contributed by atoms with Gasteiger partial charge in [-0.25, -0.2) is 4.79 Å². The standard InChI is InChI=1S/C30H42O5/c1-18(2)23-8-9-25-24(28(23,6)13-12-26(32)33)11-15-30(25)20(4)10-14-29(30,7)21(5)17-22(31)16-19(3)27(34)35/h9,16,21,23-24H,1,4,8,10-15,17H2,2-3,5-7H3,(H,32,33)(H,34,35). The van der Waals surface area contributed by atoms with Crippen LogP contribution in [0.2, 0.25) is 0 Å². The van der Waals surface area contributed by atoms with Crippen molar-refractivity contribution in [1.29, 1.82) is 0 Å². The minimum Gasteiger partial charge on any atom is -0.481 e. The maximum absolute atomic E-state index is 12.8. The zero-order chi connectivity index (χ0) is 26.3. The van der Waals surface area contributed by atoms with Gasteiger partial charge in [-0.05, 0) is 87.0 Å². The van der Waals surface area contributed by atoms with Gasteiger partial charge in [0.25, 0.3) is 0 Å². The zero-order valence-electron chi connectivity index (χ0n) is 22.1. The van der Waals surface area contributed by atoms with Gasteiger partial charge in [0.05, 0.1) is 0 Å². The maximum atomic E-state index is 12.8. The smallest absolute Gasteiger partial charge is 0.331 e. The molecule has 3 aliphatic carbocycles. The summed E-state index contributed by atoms with van der Waals surface area (Å²) in [5, 5.41) is 18.6. The molecule has 2 fully saturated rings. The minimum absolute atomic E-state index is 0.0517. The second kappa shape index (κ2) is 9.55. The first-order chi connectivity index (χ1) is 16.2. The molecule has 0 amide bonds. The van der Waals surface area contributed by atoms with Crippen LogP contribution in [0.4, 0.5) is 0 Å². The zero-order valence-corrected chi connectivity index (χ0v) is 22.1. The van der Waals surface area contributed by atoms with Gasteiger partial charge in [-0.1, -0.05) is 56.7 Å². The summed E-state index contributed by atoms with van der Waals surface area (Å²) in [4.78, 5) is 35.5. The van der Waals surface area contributed by atoms with Crippen molar-refractivity contribution in [2.75, 3.05) is 0 Å². The van der Waals surface area contributed by atoms with Crippen molar-refractivity contribution in [2.45, 2.75) is 86.0 Å². The third kappa shape index (κ3) is 4.36. The van der Waals surface area contributed by atoms with Gasteiger partial charge in [0.2, 0.25) is 0 Å². The Morgan fingerprint density at radius 1 is 1.20 bits per heavy atom. The first-order valence-electron chi connectivity index (χ1n) is 12.9. The average molecular weight is 483 g/mol. The number of aliphatic carboxylic acids is 2. The van der Waals surface area contributed by atoms with Gasteiger partial charge in [-0.15, -0.1) is 0 Å². The Labute approximate surface area is 210 Å². The summed E-state index contributed by atoms with van der Waals surface area (Å²) in [6.07, 6.45) is 9.40. The molecule has 0 aliphatic heterocycles. The molecule has 5 nitrogen and oxygen atoms in total. The summed E-state index contributed by atoms with van der Waals surface area (Å²) in [7, 11) is 0. The molecule has 35 heavy (non-hydrogen) atoms. The number of carbonyl (C=O) groups is 3. The van der Waals surface area contributed by atoms with Gasteiger partial charge in [-0.3, -0.25) is 9.59 Å². The lowest BCUT2D eigenvalue weighted by Crippen LogP contribution is -2.45. The van der Waals surface area contributed by atoms with E-state index in [0.717, 1.165) is 37.7 Å². The Morgan fingerprint density at radius 3 is 2.43 bits per heavy atom. The highest BCUT2D eigenvalue weighted by Crippen LogP contribution is 2.73. The van der Waals surface area contributed by atoms with E-state index in [2.05, 4.69) is 46.9 Å². The molecule has 0 radical (unpaired) electrons. The van der Waals surface area contributed by atoms with Crippen molar-refractivity contribution in [3.63, 3.8) is 0 Å². The van der Waals surface area contributed by atoms with E-state index >= 15 is 0 Å². The van der Waals surface area contributed by atoms with E-state index in [1.807, 2.05) is 0 Å². The lowest BCUT2D eigenvalue weighted by Gasteiger charge is -2.52. The van der Waals surface area contributed by atoms with Crippen LogP contribution in [0, 0.1) is 34.0 Å². The van der Waals surface area contributed by atoms with E-state index in [0.29, 0.717) is 12.8 Å². The van der Waals surface area contributed by atoms with Crippen LogP contribution in [0.25, 0.3) is 0 Å². The van der Waals surface area contributed by atoms with E-state index in [9.17, 15) is 19.5 Å². The summed E-state index contributed by atoms with van der Waals surface area (Å²) in [5.74, 6) is -1.41. The average Bonchev–Trinajstić information content (AvgIpc) is 3.28. The number of ketones is 1. The molecule has 0 heterocycles. The first-order valence-corrected chi connectivity index (χ1v) is 12.9. The van der Waals surface area contributed by atoms with Crippen molar-refractivity contribution >= 4 is 17.7 Å². The number of carbonyl (C=O) groups excluding carboxylic acids is 1. The van der Waals surface area contributed by atoms with Crippen LogP contribution in [0.1, 0.15) is 86.0 Å². The van der Waals surface area contributed by atoms with Crippen LogP contribution >= 0.6 is 0 Å². The molecular weight excluding hydrogens is 440 g/mol. The molecule has 1 spiro atoms. The van der Waals surface area contributed by atoms with Gasteiger partial charge in [0, 0.05) is 23.8 Å². The SMILES string of the molecule is C=C(C)C1CC=C2C(CCC23C(=C)CCC3(C)C(C)CC(=O)C=C(C)C(=O)O)C1(C)CCC(=O)O. The largest absolute Gasteiger partial charge is 0.481 e. The van der Waals surface area contributed by atoms with Gasteiger partial charge in [0.1, 0.15) is 0 Å². The topological polar surface area (TPSA) is 91.7 Å². The molecule has 0 bridgehead atoms. The summed E-state index contributed by atoms with van der Waals surface area (Å²) in [5.41, 5.74) is 3.27. The predicted octanol–water partition coefficient (Wildman–Crippen LogP) is 6.76. The van der Waals surface area contributed by atoms with Crippen molar-refractivity contribution in [3.05, 3.63) is 47.6 Å². The molecule has 6 unspecified atom stereocenters. The van der Waals surface area contributed by atoms with E-state index in [4.69, 9.17) is 5.11 Å². The van der Waals surface area contributed by atoms with E-state index in [-0.39, 0.29) is 51.8 Å². The quantitative estimate of drug-likeness (QED) is 0.280. The third-order valence-corrected chi connectivity index (χ3v) is 10.1. The first kappa shape index (κ1) is 27.2. The number of hydrogen-bond donors (Lipinski definition) is 2. The highest BCUT2D eigenvalue weighted by molar-refractivity contribution is 5.98. The van der Waals surface area contributed by atoms with Crippen molar-refractivity contribution in [2.24, 2.45) is 34.0 Å². The molecule has 2 saturated carbocycles. The van der Waals surface area contributed by atoms with Crippen LogP contribution < -0.4 is 0 Å². The second-order valence-electron chi connectivity index (χ2n) is 11.9. The highest BCUT2D eigenvalue weighted by Gasteiger charge is 2.64. The lowest BCUT2D eigenvalue weighted by molar-refractivity contribution is -0.138. The number of rotatable bonds is 9. The fourth-order valence-electron chi connectivity index (χ4n) is 8.00. The summed E-state index contributed by atoms with van der Waals surface area (Å²) >= 11 is 0. The molecule has 3 aliphatic rings.